The summed E-state index contributed by atoms with van der Waals surface area (Å²) >= 11 is 0. The van der Waals surface area contributed by atoms with E-state index in [0.29, 0.717) is 43.1 Å². The molecule has 0 saturated carbocycles. The zero-order chi connectivity index (χ0) is 18.5. The number of hydrogen-bond donors (Lipinski definition) is 1. The Bertz CT molecular complexity index is 781. The summed E-state index contributed by atoms with van der Waals surface area (Å²) < 4.78 is 5.28. The Balaban J connectivity index is 1.70. The van der Waals surface area contributed by atoms with Crippen molar-refractivity contribution in [1.29, 1.82) is 0 Å². The van der Waals surface area contributed by atoms with Gasteiger partial charge in [0.2, 0.25) is 0 Å². The molecule has 0 bridgehead atoms. The maximum Gasteiger partial charge on any atom is 0.255 e. The van der Waals surface area contributed by atoms with Crippen molar-refractivity contribution in [3.63, 3.8) is 0 Å². The molecule has 1 fully saturated rings. The number of benzene rings is 2. The number of anilines is 2. The second-order valence-electron chi connectivity index (χ2n) is 6.38. The van der Waals surface area contributed by atoms with Crippen LogP contribution in [0, 0.1) is 0 Å². The molecule has 0 aliphatic carbocycles. The molecule has 3 rings (SSSR count). The number of rotatable bonds is 4. The van der Waals surface area contributed by atoms with Crippen molar-refractivity contribution >= 4 is 23.2 Å². The number of nitrogens with one attached hydrogen (secondary N) is 1. The summed E-state index contributed by atoms with van der Waals surface area (Å²) in [5.41, 5.74) is 2.75. The molecule has 1 aliphatic heterocycles. The molecular weight excluding hydrogens is 330 g/mol. The number of morpholine rings is 1. The Kier molecular flexibility index (Phi) is 5.53. The van der Waals surface area contributed by atoms with Crippen molar-refractivity contribution < 1.29 is 14.3 Å². The van der Waals surface area contributed by atoms with Crippen LogP contribution in [0.5, 0.6) is 0 Å². The fraction of sp³-hybridized carbons (Fsp3) is 0.300. The fourth-order valence-corrected chi connectivity index (χ4v) is 2.79. The second kappa shape index (κ2) is 8.01. The van der Waals surface area contributed by atoms with Gasteiger partial charge in [0, 0.05) is 49.7 Å². The standard InChI is InChI=1S/C20H23N3O3/c1-22(2)18-8-6-17(7-9-18)21-19(24)15-4-3-5-16(14-15)20(25)23-10-12-26-13-11-23/h3-9,14H,10-13H2,1-2H3,(H,21,24). The van der Waals surface area contributed by atoms with E-state index in [9.17, 15) is 9.59 Å². The van der Waals surface area contributed by atoms with Gasteiger partial charge in [-0.25, -0.2) is 0 Å². The van der Waals surface area contributed by atoms with Crippen LogP contribution in [-0.2, 0) is 4.74 Å². The second-order valence-corrected chi connectivity index (χ2v) is 6.38. The van der Waals surface area contributed by atoms with Gasteiger partial charge in [-0.1, -0.05) is 6.07 Å². The minimum Gasteiger partial charge on any atom is -0.378 e. The van der Waals surface area contributed by atoms with Gasteiger partial charge < -0.3 is 19.9 Å². The van der Waals surface area contributed by atoms with Crippen LogP contribution in [0.4, 0.5) is 11.4 Å². The lowest BCUT2D eigenvalue weighted by atomic mass is 10.1. The molecule has 26 heavy (non-hydrogen) atoms. The lowest BCUT2D eigenvalue weighted by Gasteiger charge is -2.27. The Hall–Kier alpha value is -2.86. The van der Waals surface area contributed by atoms with Gasteiger partial charge in [-0.2, -0.15) is 0 Å². The molecule has 0 atom stereocenters. The van der Waals surface area contributed by atoms with Crippen molar-refractivity contribution in [3.8, 4) is 0 Å². The van der Waals surface area contributed by atoms with Crippen molar-refractivity contribution in [2.75, 3.05) is 50.6 Å². The normalized spacial score (nSPS) is 14.0. The lowest BCUT2D eigenvalue weighted by molar-refractivity contribution is 0.0303. The molecule has 1 N–H and O–H groups in total. The summed E-state index contributed by atoms with van der Waals surface area (Å²) in [4.78, 5) is 28.8. The molecule has 2 aromatic carbocycles. The van der Waals surface area contributed by atoms with Gasteiger partial charge in [-0.3, -0.25) is 9.59 Å². The predicted octanol–water partition coefficient (Wildman–Crippen LogP) is 2.48. The highest BCUT2D eigenvalue weighted by Gasteiger charge is 2.19. The van der Waals surface area contributed by atoms with Crippen LogP contribution in [0.2, 0.25) is 0 Å². The predicted molar refractivity (Wildman–Crippen MR) is 102 cm³/mol. The van der Waals surface area contributed by atoms with Gasteiger partial charge in [0.15, 0.2) is 0 Å². The summed E-state index contributed by atoms with van der Waals surface area (Å²) in [7, 11) is 3.93. The maximum absolute atomic E-state index is 12.6. The smallest absolute Gasteiger partial charge is 0.255 e. The number of carbonyl (C=O) groups is 2. The molecule has 6 heteroatoms. The van der Waals surface area contributed by atoms with E-state index in [2.05, 4.69) is 5.32 Å². The van der Waals surface area contributed by atoms with Crippen LogP contribution >= 0.6 is 0 Å². The van der Waals surface area contributed by atoms with Crippen molar-refractivity contribution in [2.24, 2.45) is 0 Å². The average Bonchev–Trinajstić information content (AvgIpc) is 2.68. The van der Waals surface area contributed by atoms with Gasteiger partial charge in [-0.15, -0.1) is 0 Å². The number of hydrogen-bond acceptors (Lipinski definition) is 4. The van der Waals surface area contributed by atoms with E-state index in [4.69, 9.17) is 4.74 Å². The van der Waals surface area contributed by atoms with Crippen LogP contribution in [0.15, 0.2) is 48.5 Å². The molecular formula is C20H23N3O3. The first kappa shape index (κ1) is 17.9. The molecule has 6 nitrogen and oxygen atoms in total. The van der Waals surface area contributed by atoms with Crippen LogP contribution in [0.25, 0.3) is 0 Å². The first-order valence-electron chi connectivity index (χ1n) is 8.60. The van der Waals surface area contributed by atoms with E-state index in [-0.39, 0.29) is 11.8 Å². The zero-order valence-electron chi connectivity index (χ0n) is 15.1. The van der Waals surface area contributed by atoms with Crippen molar-refractivity contribution in [2.45, 2.75) is 0 Å². The van der Waals surface area contributed by atoms with E-state index in [1.807, 2.05) is 43.3 Å². The summed E-state index contributed by atoms with van der Waals surface area (Å²) in [6, 6.07) is 14.4. The van der Waals surface area contributed by atoms with Crippen LogP contribution in [0.3, 0.4) is 0 Å². The highest BCUT2D eigenvalue weighted by molar-refractivity contribution is 6.06. The lowest BCUT2D eigenvalue weighted by Crippen LogP contribution is -2.40. The highest BCUT2D eigenvalue weighted by atomic mass is 16.5. The van der Waals surface area contributed by atoms with E-state index in [1.165, 1.54) is 0 Å². The molecule has 0 aromatic heterocycles. The topological polar surface area (TPSA) is 61.9 Å². The van der Waals surface area contributed by atoms with Gasteiger partial charge in [0.05, 0.1) is 13.2 Å². The third kappa shape index (κ3) is 4.21. The quantitative estimate of drug-likeness (QED) is 0.917. The number of carbonyl (C=O) groups excluding carboxylic acids is 2. The van der Waals surface area contributed by atoms with Gasteiger partial charge in [0.1, 0.15) is 0 Å². The molecule has 0 spiro atoms. The molecule has 1 saturated heterocycles. The molecule has 1 aliphatic rings. The summed E-state index contributed by atoms with van der Waals surface area (Å²) in [6.07, 6.45) is 0. The number of ether oxygens (including phenoxy) is 1. The highest BCUT2D eigenvalue weighted by Crippen LogP contribution is 2.17. The minimum absolute atomic E-state index is 0.0710. The molecule has 136 valence electrons. The summed E-state index contributed by atoms with van der Waals surface area (Å²) in [5, 5.41) is 2.87. The summed E-state index contributed by atoms with van der Waals surface area (Å²) in [5.74, 6) is -0.308. The SMILES string of the molecule is CN(C)c1ccc(NC(=O)c2cccc(C(=O)N3CCOCC3)c2)cc1. The molecule has 2 amide bonds. The first-order valence-corrected chi connectivity index (χ1v) is 8.60. The van der Waals surface area contributed by atoms with Crippen LogP contribution < -0.4 is 10.2 Å². The monoisotopic (exact) mass is 353 g/mol. The molecule has 2 aromatic rings. The maximum atomic E-state index is 12.6. The Morgan fingerprint density at radius 1 is 1.00 bits per heavy atom. The molecule has 1 heterocycles. The van der Waals surface area contributed by atoms with E-state index >= 15 is 0 Å². The molecule has 0 unspecified atom stereocenters. The Labute approximate surface area is 153 Å². The van der Waals surface area contributed by atoms with E-state index in [1.54, 1.807) is 29.2 Å². The van der Waals surface area contributed by atoms with Gasteiger partial charge in [0.25, 0.3) is 11.8 Å². The summed E-state index contributed by atoms with van der Waals surface area (Å²) in [6.45, 7) is 2.25. The fourth-order valence-electron chi connectivity index (χ4n) is 2.79. The first-order chi connectivity index (χ1) is 12.5. The Morgan fingerprint density at radius 2 is 1.65 bits per heavy atom. The van der Waals surface area contributed by atoms with Gasteiger partial charge in [-0.05, 0) is 42.5 Å². The van der Waals surface area contributed by atoms with Crippen molar-refractivity contribution in [3.05, 3.63) is 59.7 Å². The third-order valence-electron chi connectivity index (χ3n) is 4.31. The van der Waals surface area contributed by atoms with E-state index in [0.717, 1.165) is 5.69 Å². The average molecular weight is 353 g/mol. The third-order valence-corrected chi connectivity index (χ3v) is 4.31. The van der Waals surface area contributed by atoms with Crippen LogP contribution in [0.1, 0.15) is 20.7 Å². The van der Waals surface area contributed by atoms with Crippen LogP contribution in [-0.4, -0.2) is 57.1 Å². The van der Waals surface area contributed by atoms with Crippen molar-refractivity contribution in [1.82, 2.24) is 4.90 Å². The zero-order valence-corrected chi connectivity index (χ0v) is 15.1. The van der Waals surface area contributed by atoms with E-state index < -0.39 is 0 Å². The minimum atomic E-state index is -0.237. The number of nitrogens with zero attached hydrogens (tertiary/aromatic N) is 2. The largest absolute Gasteiger partial charge is 0.378 e. The Morgan fingerprint density at radius 3 is 2.31 bits per heavy atom. The molecule has 0 radical (unpaired) electrons. The van der Waals surface area contributed by atoms with Gasteiger partial charge >= 0.3 is 0 Å². The number of amides is 2.